The van der Waals surface area contributed by atoms with Crippen LogP contribution in [0.2, 0.25) is 0 Å². The fourth-order valence-corrected chi connectivity index (χ4v) is 1.87. The SMILES string of the molecule is Cl.Fc1ccccc1[C@H]1CCCCN1. The molecule has 1 aliphatic heterocycles. The second kappa shape index (κ2) is 5.32. The monoisotopic (exact) mass is 215 g/mol. The second-order valence-corrected chi connectivity index (χ2v) is 3.52. The maximum Gasteiger partial charge on any atom is 0.127 e. The maximum absolute atomic E-state index is 13.3. The van der Waals surface area contributed by atoms with Crippen LogP contribution in [0.1, 0.15) is 30.9 Å². The van der Waals surface area contributed by atoms with Crippen LogP contribution in [0.4, 0.5) is 4.39 Å². The van der Waals surface area contributed by atoms with Gasteiger partial charge in [0, 0.05) is 11.6 Å². The Morgan fingerprint density at radius 3 is 2.64 bits per heavy atom. The standard InChI is InChI=1S/C11H14FN.ClH/c12-10-6-2-1-5-9(10)11-7-3-4-8-13-11;/h1-2,5-6,11,13H,3-4,7-8H2;1H/t11-;/m1./s1. The summed E-state index contributed by atoms with van der Waals surface area (Å²) in [4.78, 5) is 0. The van der Waals surface area contributed by atoms with Crippen LogP contribution < -0.4 is 5.32 Å². The molecule has 0 aliphatic carbocycles. The molecule has 1 nitrogen and oxygen atoms in total. The summed E-state index contributed by atoms with van der Waals surface area (Å²) in [5.41, 5.74) is 0.821. The minimum Gasteiger partial charge on any atom is -0.310 e. The lowest BCUT2D eigenvalue weighted by Gasteiger charge is -2.23. The Morgan fingerprint density at radius 2 is 2.00 bits per heavy atom. The Morgan fingerprint density at radius 1 is 1.21 bits per heavy atom. The van der Waals surface area contributed by atoms with Gasteiger partial charge in [-0.05, 0) is 25.5 Å². The van der Waals surface area contributed by atoms with Gasteiger partial charge in [-0.1, -0.05) is 24.6 Å². The first-order chi connectivity index (χ1) is 6.38. The molecule has 0 aromatic heterocycles. The first-order valence-corrected chi connectivity index (χ1v) is 4.86. The third-order valence-electron chi connectivity index (χ3n) is 2.59. The maximum atomic E-state index is 13.3. The summed E-state index contributed by atoms with van der Waals surface area (Å²) in [5.74, 6) is -0.0816. The van der Waals surface area contributed by atoms with Crippen molar-refractivity contribution in [2.24, 2.45) is 0 Å². The number of benzene rings is 1. The summed E-state index contributed by atoms with van der Waals surface area (Å²) in [5, 5.41) is 3.34. The van der Waals surface area contributed by atoms with Crippen molar-refractivity contribution < 1.29 is 4.39 Å². The molecule has 0 saturated carbocycles. The minimum absolute atomic E-state index is 0. The number of halogens is 2. The molecule has 14 heavy (non-hydrogen) atoms. The molecule has 78 valence electrons. The Hall–Kier alpha value is -0.600. The molecule has 1 aliphatic rings. The Balaban J connectivity index is 0.000000980. The zero-order chi connectivity index (χ0) is 9.10. The van der Waals surface area contributed by atoms with Crippen molar-refractivity contribution in [1.82, 2.24) is 5.32 Å². The Labute approximate surface area is 90.1 Å². The quantitative estimate of drug-likeness (QED) is 0.759. The number of nitrogens with one attached hydrogen (secondary N) is 1. The van der Waals surface area contributed by atoms with Gasteiger partial charge >= 0.3 is 0 Å². The minimum atomic E-state index is -0.0816. The number of piperidine rings is 1. The van der Waals surface area contributed by atoms with Crippen LogP contribution in [0, 0.1) is 5.82 Å². The highest BCUT2D eigenvalue weighted by atomic mass is 35.5. The van der Waals surface area contributed by atoms with E-state index in [1.54, 1.807) is 6.07 Å². The third-order valence-corrected chi connectivity index (χ3v) is 2.59. The van der Waals surface area contributed by atoms with E-state index in [2.05, 4.69) is 5.32 Å². The van der Waals surface area contributed by atoms with E-state index in [0.717, 1.165) is 18.5 Å². The smallest absolute Gasteiger partial charge is 0.127 e. The van der Waals surface area contributed by atoms with Gasteiger partial charge in [0.1, 0.15) is 5.82 Å². The summed E-state index contributed by atoms with van der Waals surface area (Å²) >= 11 is 0. The number of rotatable bonds is 1. The van der Waals surface area contributed by atoms with Crippen molar-refractivity contribution in [2.45, 2.75) is 25.3 Å². The highest BCUT2D eigenvalue weighted by Gasteiger charge is 2.16. The van der Waals surface area contributed by atoms with Crippen LogP contribution >= 0.6 is 12.4 Å². The van der Waals surface area contributed by atoms with Crippen molar-refractivity contribution >= 4 is 12.4 Å². The molecule has 1 aromatic rings. The van der Waals surface area contributed by atoms with Gasteiger partial charge in [-0.2, -0.15) is 0 Å². The van der Waals surface area contributed by atoms with Crippen LogP contribution in [-0.4, -0.2) is 6.54 Å². The lowest BCUT2D eigenvalue weighted by molar-refractivity contribution is 0.400. The average molecular weight is 216 g/mol. The molecule has 0 bridgehead atoms. The molecule has 0 spiro atoms. The lowest BCUT2D eigenvalue weighted by Crippen LogP contribution is -2.27. The van der Waals surface area contributed by atoms with Crippen LogP contribution in [-0.2, 0) is 0 Å². The van der Waals surface area contributed by atoms with Gasteiger partial charge in [-0.15, -0.1) is 12.4 Å². The Kier molecular flexibility index (Phi) is 4.36. The molecule has 1 N–H and O–H groups in total. The zero-order valence-electron chi connectivity index (χ0n) is 8.00. The van der Waals surface area contributed by atoms with Gasteiger partial charge in [0.25, 0.3) is 0 Å². The predicted octanol–water partition coefficient (Wildman–Crippen LogP) is 3.06. The third kappa shape index (κ3) is 2.46. The van der Waals surface area contributed by atoms with Gasteiger partial charge in [0.05, 0.1) is 0 Å². The molecule has 0 unspecified atom stereocenters. The van der Waals surface area contributed by atoms with E-state index in [1.807, 2.05) is 12.1 Å². The van der Waals surface area contributed by atoms with Gasteiger partial charge in [-0.3, -0.25) is 0 Å². The molecule has 1 fully saturated rings. The van der Waals surface area contributed by atoms with E-state index >= 15 is 0 Å². The summed E-state index contributed by atoms with van der Waals surface area (Å²) in [7, 11) is 0. The second-order valence-electron chi connectivity index (χ2n) is 3.52. The summed E-state index contributed by atoms with van der Waals surface area (Å²) in [6.45, 7) is 1.01. The first-order valence-electron chi connectivity index (χ1n) is 4.86. The lowest BCUT2D eigenvalue weighted by atomic mass is 9.97. The summed E-state index contributed by atoms with van der Waals surface area (Å²) in [6.07, 6.45) is 3.47. The van der Waals surface area contributed by atoms with Crippen LogP contribution in [0.5, 0.6) is 0 Å². The van der Waals surface area contributed by atoms with Crippen molar-refractivity contribution in [3.05, 3.63) is 35.6 Å². The molecule has 1 saturated heterocycles. The first kappa shape index (κ1) is 11.5. The molecule has 3 heteroatoms. The molecule has 1 atom stereocenters. The molecule has 0 amide bonds. The normalized spacial score (nSPS) is 21.4. The number of hydrogen-bond acceptors (Lipinski definition) is 1. The van der Waals surface area contributed by atoms with Gasteiger partial charge < -0.3 is 5.32 Å². The van der Waals surface area contributed by atoms with E-state index in [9.17, 15) is 4.39 Å². The zero-order valence-corrected chi connectivity index (χ0v) is 8.82. The largest absolute Gasteiger partial charge is 0.310 e. The van der Waals surface area contributed by atoms with Crippen molar-refractivity contribution in [3.63, 3.8) is 0 Å². The Bertz CT molecular complexity index is 284. The number of hydrogen-bond donors (Lipinski definition) is 1. The van der Waals surface area contributed by atoms with Crippen molar-refractivity contribution in [3.8, 4) is 0 Å². The predicted molar refractivity (Wildman–Crippen MR) is 58.2 cm³/mol. The van der Waals surface area contributed by atoms with Crippen molar-refractivity contribution in [1.29, 1.82) is 0 Å². The fraction of sp³-hybridized carbons (Fsp3) is 0.455. The molecular formula is C11H15ClFN. The summed E-state index contributed by atoms with van der Waals surface area (Å²) in [6, 6.07) is 7.27. The van der Waals surface area contributed by atoms with Gasteiger partial charge in [0.2, 0.25) is 0 Å². The van der Waals surface area contributed by atoms with Crippen LogP contribution in [0.25, 0.3) is 0 Å². The summed E-state index contributed by atoms with van der Waals surface area (Å²) < 4.78 is 13.3. The molecule has 1 aromatic carbocycles. The topological polar surface area (TPSA) is 12.0 Å². The van der Waals surface area contributed by atoms with Gasteiger partial charge in [0.15, 0.2) is 0 Å². The van der Waals surface area contributed by atoms with E-state index in [1.165, 1.54) is 18.9 Å². The van der Waals surface area contributed by atoms with Crippen molar-refractivity contribution in [2.75, 3.05) is 6.54 Å². The average Bonchev–Trinajstić information content (AvgIpc) is 2.20. The fourth-order valence-electron chi connectivity index (χ4n) is 1.87. The molecule has 0 radical (unpaired) electrons. The molecular weight excluding hydrogens is 201 g/mol. The van der Waals surface area contributed by atoms with Crippen LogP contribution in [0.3, 0.4) is 0 Å². The van der Waals surface area contributed by atoms with Gasteiger partial charge in [-0.25, -0.2) is 4.39 Å². The highest BCUT2D eigenvalue weighted by Crippen LogP contribution is 2.24. The van der Waals surface area contributed by atoms with Crippen LogP contribution in [0.15, 0.2) is 24.3 Å². The van der Waals surface area contributed by atoms with E-state index in [0.29, 0.717) is 0 Å². The van der Waals surface area contributed by atoms with E-state index in [-0.39, 0.29) is 24.3 Å². The molecule has 1 heterocycles. The molecule has 2 rings (SSSR count). The highest BCUT2D eigenvalue weighted by molar-refractivity contribution is 5.85. The van der Waals surface area contributed by atoms with E-state index < -0.39 is 0 Å². The van der Waals surface area contributed by atoms with E-state index in [4.69, 9.17) is 0 Å².